The molecule has 11 heteroatoms. The number of carbonyl (C=O) groups is 3. The van der Waals surface area contributed by atoms with Gasteiger partial charge in [-0.15, -0.1) is 11.3 Å². The lowest BCUT2D eigenvalue weighted by Crippen LogP contribution is -2.45. The number of nitro benzene ring substituents is 1. The number of rotatable bonds is 6. The Labute approximate surface area is 204 Å². The maximum Gasteiger partial charge on any atom is 0.282 e. The molecule has 3 aromatic rings. The molecular formula is C24H21N5O5S. The highest BCUT2D eigenvalue weighted by Gasteiger charge is 2.45. The molecule has 3 amide bonds. The number of nitrogens with zero attached hydrogens (tertiary/aromatic N) is 4. The van der Waals surface area contributed by atoms with Crippen molar-refractivity contribution in [1.82, 2.24) is 14.8 Å². The summed E-state index contributed by atoms with van der Waals surface area (Å²) in [4.78, 5) is 57.9. The first-order valence-electron chi connectivity index (χ1n) is 11.0. The Morgan fingerprint density at radius 1 is 1.17 bits per heavy atom. The fraction of sp³-hybridized carbons (Fsp3) is 0.250. The molecule has 0 saturated carbocycles. The molecule has 2 aromatic carbocycles. The summed E-state index contributed by atoms with van der Waals surface area (Å²) < 4.78 is 0. The summed E-state index contributed by atoms with van der Waals surface area (Å²) in [6.07, 6.45) is 0.756. The van der Waals surface area contributed by atoms with Crippen molar-refractivity contribution in [3.05, 3.63) is 85.9 Å². The molecule has 10 nitrogen and oxygen atoms in total. The van der Waals surface area contributed by atoms with Crippen molar-refractivity contribution in [1.29, 1.82) is 0 Å². The van der Waals surface area contributed by atoms with Gasteiger partial charge in [-0.25, -0.2) is 4.98 Å². The summed E-state index contributed by atoms with van der Waals surface area (Å²) in [7, 11) is 0. The highest BCUT2D eigenvalue weighted by molar-refractivity contribution is 7.15. The molecule has 5 rings (SSSR count). The molecule has 0 aliphatic carbocycles. The Hall–Kier alpha value is -3.96. The second kappa shape index (κ2) is 9.01. The number of hydrogen-bond acceptors (Lipinski definition) is 8. The summed E-state index contributed by atoms with van der Waals surface area (Å²) in [5, 5.41) is 14.4. The van der Waals surface area contributed by atoms with Crippen LogP contribution < -0.4 is 5.32 Å². The maximum atomic E-state index is 12.9. The molecule has 0 spiro atoms. The Balaban J connectivity index is 1.28. The highest BCUT2D eigenvalue weighted by Crippen LogP contribution is 2.33. The normalized spacial score (nSPS) is 16.1. The van der Waals surface area contributed by atoms with Gasteiger partial charge in [-0.3, -0.25) is 34.3 Å². The molecule has 1 atom stereocenters. The number of imide groups is 1. The van der Waals surface area contributed by atoms with Gasteiger partial charge in [-0.1, -0.05) is 36.4 Å². The van der Waals surface area contributed by atoms with Gasteiger partial charge < -0.3 is 5.32 Å². The summed E-state index contributed by atoms with van der Waals surface area (Å²) in [6.45, 7) is 3.80. The molecule has 2 aliphatic heterocycles. The lowest BCUT2D eigenvalue weighted by Gasteiger charge is -2.25. The van der Waals surface area contributed by atoms with E-state index < -0.39 is 34.4 Å². The van der Waals surface area contributed by atoms with Crippen LogP contribution in [0.3, 0.4) is 0 Å². The first-order valence-corrected chi connectivity index (χ1v) is 11.9. The van der Waals surface area contributed by atoms with E-state index in [9.17, 15) is 24.5 Å². The van der Waals surface area contributed by atoms with Crippen LogP contribution in [0.1, 0.15) is 43.8 Å². The third-order valence-electron chi connectivity index (χ3n) is 6.18. The van der Waals surface area contributed by atoms with Crippen molar-refractivity contribution in [3.8, 4) is 0 Å². The minimum atomic E-state index is -1.17. The number of thiazole rings is 1. The van der Waals surface area contributed by atoms with Crippen molar-refractivity contribution >= 4 is 39.9 Å². The summed E-state index contributed by atoms with van der Waals surface area (Å²) in [5.41, 5.74) is 1.34. The van der Waals surface area contributed by atoms with Crippen LogP contribution in [0.5, 0.6) is 0 Å². The van der Waals surface area contributed by atoms with E-state index in [0.717, 1.165) is 41.5 Å². The summed E-state index contributed by atoms with van der Waals surface area (Å²) in [5.74, 6) is -2.17. The number of anilines is 1. The van der Waals surface area contributed by atoms with Gasteiger partial charge in [0.2, 0.25) is 5.91 Å². The minimum absolute atomic E-state index is 0.0768. The molecule has 2 aliphatic rings. The number of carbonyl (C=O) groups excluding carboxylic acids is 3. The van der Waals surface area contributed by atoms with E-state index >= 15 is 0 Å². The van der Waals surface area contributed by atoms with Gasteiger partial charge in [0.1, 0.15) is 11.6 Å². The number of fused-ring (bicyclic) bond motifs is 2. The van der Waals surface area contributed by atoms with Crippen LogP contribution in [0.15, 0.2) is 48.5 Å². The minimum Gasteiger partial charge on any atom is -0.300 e. The zero-order valence-electron chi connectivity index (χ0n) is 18.8. The third kappa shape index (κ3) is 4.19. The van der Waals surface area contributed by atoms with Crippen LogP contribution in [0.25, 0.3) is 0 Å². The van der Waals surface area contributed by atoms with Gasteiger partial charge in [0.05, 0.1) is 16.2 Å². The van der Waals surface area contributed by atoms with Crippen molar-refractivity contribution in [3.63, 3.8) is 0 Å². The van der Waals surface area contributed by atoms with Crippen LogP contribution in [0.2, 0.25) is 0 Å². The molecule has 1 N–H and O–H groups in total. The molecule has 35 heavy (non-hydrogen) atoms. The van der Waals surface area contributed by atoms with Gasteiger partial charge in [0.15, 0.2) is 5.13 Å². The van der Waals surface area contributed by atoms with E-state index in [2.05, 4.69) is 27.3 Å². The predicted molar refractivity (Wildman–Crippen MR) is 128 cm³/mol. The molecule has 178 valence electrons. The Bertz CT molecular complexity index is 1360. The Kier molecular flexibility index (Phi) is 5.87. The fourth-order valence-corrected chi connectivity index (χ4v) is 5.45. The van der Waals surface area contributed by atoms with Gasteiger partial charge in [-0.05, 0) is 18.6 Å². The average molecular weight is 492 g/mol. The summed E-state index contributed by atoms with van der Waals surface area (Å²) >= 11 is 1.37. The van der Waals surface area contributed by atoms with Gasteiger partial charge in [0, 0.05) is 37.0 Å². The van der Waals surface area contributed by atoms with Gasteiger partial charge in [-0.2, -0.15) is 0 Å². The van der Waals surface area contributed by atoms with E-state index in [0.29, 0.717) is 5.13 Å². The lowest BCUT2D eigenvalue weighted by molar-refractivity contribution is -0.385. The topological polar surface area (TPSA) is 126 Å². The zero-order valence-corrected chi connectivity index (χ0v) is 19.6. The smallest absolute Gasteiger partial charge is 0.282 e. The fourth-order valence-electron chi connectivity index (χ4n) is 4.39. The molecule has 0 saturated heterocycles. The van der Waals surface area contributed by atoms with E-state index in [1.165, 1.54) is 42.0 Å². The molecule has 3 heterocycles. The van der Waals surface area contributed by atoms with Crippen molar-refractivity contribution in [2.75, 3.05) is 11.9 Å². The zero-order chi connectivity index (χ0) is 24.7. The second-order valence-corrected chi connectivity index (χ2v) is 9.52. The quantitative estimate of drug-likeness (QED) is 0.319. The summed E-state index contributed by atoms with van der Waals surface area (Å²) in [6, 6.07) is 12.9. The van der Waals surface area contributed by atoms with Gasteiger partial charge in [0.25, 0.3) is 17.5 Å². The molecule has 0 radical (unpaired) electrons. The van der Waals surface area contributed by atoms with Crippen LogP contribution >= 0.6 is 11.3 Å². The molecule has 1 aromatic heterocycles. The lowest BCUT2D eigenvalue weighted by atomic mass is 10.1. The average Bonchev–Trinajstić information content (AvgIpc) is 3.36. The number of amides is 3. The highest BCUT2D eigenvalue weighted by atomic mass is 32.1. The van der Waals surface area contributed by atoms with Crippen LogP contribution in [-0.2, 0) is 24.3 Å². The van der Waals surface area contributed by atoms with Crippen molar-refractivity contribution in [2.24, 2.45) is 0 Å². The molecular weight excluding hydrogens is 470 g/mol. The van der Waals surface area contributed by atoms with Crippen LogP contribution in [0, 0.1) is 10.1 Å². The Morgan fingerprint density at radius 2 is 1.94 bits per heavy atom. The standard InChI is InChI=1S/C24H21N5O5S/c1-14(28-22(31)16-8-5-9-18(29(33)34)20(16)23(28)32)21(30)26-24-25-17-10-11-27(13-19(17)35-24)12-15-6-3-2-4-7-15/h2-9,14H,10-13H2,1H3,(H,25,26,30). The van der Waals surface area contributed by atoms with Crippen LogP contribution in [-0.4, -0.2) is 50.0 Å². The SMILES string of the molecule is CC(C(=O)Nc1nc2c(s1)CN(Cc1ccccc1)CC2)N1C(=O)c2cccc([N+](=O)[O-])c2C1=O. The second-order valence-electron chi connectivity index (χ2n) is 8.44. The van der Waals surface area contributed by atoms with E-state index in [1.54, 1.807) is 0 Å². The van der Waals surface area contributed by atoms with E-state index in [1.807, 2.05) is 18.2 Å². The Morgan fingerprint density at radius 3 is 2.69 bits per heavy atom. The predicted octanol–water partition coefficient (Wildman–Crippen LogP) is 3.23. The number of nitro groups is 1. The number of nitrogens with one attached hydrogen (secondary N) is 1. The van der Waals surface area contributed by atoms with Crippen LogP contribution in [0.4, 0.5) is 10.8 Å². The molecule has 1 unspecified atom stereocenters. The number of aromatic nitrogens is 1. The van der Waals surface area contributed by atoms with Crippen molar-refractivity contribution in [2.45, 2.75) is 32.5 Å². The number of benzene rings is 2. The maximum absolute atomic E-state index is 12.9. The largest absolute Gasteiger partial charge is 0.300 e. The first kappa shape index (κ1) is 22.8. The van der Waals surface area contributed by atoms with E-state index in [-0.39, 0.29) is 11.1 Å². The molecule has 0 fully saturated rings. The third-order valence-corrected chi connectivity index (χ3v) is 7.18. The van der Waals surface area contributed by atoms with Crippen molar-refractivity contribution < 1.29 is 19.3 Å². The monoisotopic (exact) mass is 491 g/mol. The first-order chi connectivity index (χ1) is 16.8. The van der Waals surface area contributed by atoms with Gasteiger partial charge >= 0.3 is 0 Å². The van der Waals surface area contributed by atoms with E-state index in [4.69, 9.17) is 0 Å². The molecule has 0 bridgehead atoms. The number of hydrogen-bond donors (Lipinski definition) is 1.